The Morgan fingerprint density at radius 3 is 1.40 bits per heavy atom. The molecule has 5 aliphatic rings. The van der Waals surface area contributed by atoms with Gasteiger partial charge < -0.3 is 83.1 Å². The van der Waals surface area contributed by atoms with Gasteiger partial charge in [-0.15, -0.1) is 0 Å². The summed E-state index contributed by atoms with van der Waals surface area (Å²) in [6, 6.07) is 0. The number of aliphatic hydroxyl groups excluding tert-OH is 7. The minimum atomic E-state index is -1.51. The summed E-state index contributed by atoms with van der Waals surface area (Å²) in [6.07, 6.45) is 6.02. The Kier molecular flexibility index (Phi) is 27.8. The van der Waals surface area contributed by atoms with Crippen LogP contribution in [-0.4, -0.2) is 178 Å². The molecule has 0 amide bonds. The van der Waals surface area contributed by atoms with E-state index >= 15 is 0 Å². The Labute approximate surface area is 494 Å². The van der Waals surface area contributed by atoms with Crippen LogP contribution in [0.4, 0.5) is 0 Å². The van der Waals surface area contributed by atoms with Gasteiger partial charge in [-0.25, -0.2) is 9.59 Å². The SMILES string of the molecule is CCC1=CC=CC(CC)C(C(C)C(O)CC2(OC)CC(OC3OC(C)C(O)C(O)C3O)C(CC)C(C)O2)OC(=O)C=CC(CC)=CC=CC(CC)C(C(C)C(O)CC2(OC)CC(OC3CC(O)C(O)C(C)O3)C(CC)C(C)O2)OC(=O)C=C1. The predicted molar refractivity (Wildman–Crippen MR) is 311 cm³/mol. The molecule has 0 spiro atoms. The van der Waals surface area contributed by atoms with Crippen LogP contribution in [0.1, 0.15) is 154 Å². The van der Waals surface area contributed by atoms with E-state index in [1.165, 1.54) is 26.4 Å². The summed E-state index contributed by atoms with van der Waals surface area (Å²) in [7, 11) is 3.03. The number of ether oxygens (including phenoxy) is 10. The lowest BCUT2D eigenvalue weighted by molar-refractivity contribution is -0.351. The molecule has 25 atom stereocenters. The van der Waals surface area contributed by atoms with Gasteiger partial charge in [0.1, 0.15) is 36.6 Å². The summed E-state index contributed by atoms with van der Waals surface area (Å²) in [6.45, 7) is 22.7. The van der Waals surface area contributed by atoms with E-state index in [9.17, 15) is 45.3 Å². The molecule has 0 bridgehead atoms. The molecular weight excluding hydrogens is 1070 g/mol. The van der Waals surface area contributed by atoms with Crippen LogP contribution in [0.5, 0.6) is 0 Å². The van der Waals surface area contributed by atoms with E-state index in [2.05, 4.69) is 0 Å². The van der Waals surface area contributed by atoms with Crippen LogP contribution in [0, 0.1) is 35.5 Å². The fourth-order valence-electron chi connectivity index (χ4n) is 12.7. The minimum Gasteiger partial charge on any atom is -0.458 e. The molecule has 0 aliphatic carbocycles. The van der Waals surface area contributed by atoms with Crippen LogP contribution in [0.25, 0.3) is 0 Å². The topological polar surface area (TPSA) is 268 Å². The van der Waals surface area contributed by atoms with Gasteiger partial charge >= 0.3 is 11.9 Å². The second-order valence-electron chi connectivity index (χ2n) is 23.9. The van der Waals surface area contributed by atoms with Crippen LogP contribution < -0.4 is 0 Å². The van der Waals surface area contributed by atoms with Gasteiger partial charge in [0.25, 0.3) is 0 Å². The van der Waals surface area contributed by atoms with Crippen molar-refractivity contribution in [3.8, 4) is 0 Å². The van der Waals surface area contributed by atoms with Gasteiger partial charge in [-0.05, 0) is 77.4 Å². The number of methoxy groups -OCH3 is 2. The van der Waals surface area contributed by atoms with E-state index < -0.39 is 139 Å². The Morgan fingerprint density at radius 1 is 0.566 bits per heavy atom. The molecule has 0 radical (unpaired) electrons. The van der Waals surface area contributed by atoms with Crippen molar-refractivity contribution < 1.29 is 92.7 Å². The maximum Gasteiger partial charge on any atom is 0.331 e. The standard InChI is InChI=1S/C64H104O19/c1-15-42-23-21-25-44(17-3)60(36(7)49(66)32-63(74-13)34-51(46(19-5)38(9)82-63)78-55-31-48(65)56(70)40(11)76-55)80-53(68)29-27-43(16-2)24-22-26-45(18-4)61(81-54(69)30-28-42)37(8)50(67)33-64(75-14)35-52(47(20-6)39(10)83-64)79-62-59(73)58(72)57(71)41(12)77-62/h21-30,36-41,44-52,55-62,65-67,70-73H,15-20,31-35H2,1-14H3. The Morgan fingerprint density at radius 2 is 1.00 bits per heavy atom. The number of allylic oxidation sites excluding steroid dienone is 8. The number of hydrogen-bond acceptors (Lipinski definition) is 19. The average molecular weight is 1180 g/mol. The van der Waals surface area contributed by atoms with Crippen LogP contribution in [0.2, 0.25) is 0 Å². The predicted octanol–water partition coefficient (Wildman–Crippen LogP) is 7.36. The van der Waals surface area contributed by atoms with Crippen molar-refractivity contribution in [3.05, 3.63) is 71.9 Å². The summed E-state index contributed by atoms with van der Waals surface area (Å²) in [4.78, 5) is 28.0. The van der Waals surface area contributed by atoms with Crippen molar-refractivity contribution in [1.82, 2.24) is 0 Å². The summed E-state index contributed by atoms with van der Waals surface area (Å²) < 4.78 is 62.9. The molecule has 474 valence electrons. The van der Waals surface area contributed by atoms with E-state index in [0.29, 0.717) is 32.1 Å². The van der Waals surface area contributed by atoms with Gasteiger partial charge in [0.05, 0.1) is 54.9 Å². The highest BCUT2D eigenvalue weighted by Crippen LogP contribution is 2.44. The molecular formula is C64H104O19. The highest BCUT2D eigenvalue weighted by atomic mass is 16.7. The summed E-state index contributed by atoms with van der Waals surface area (Å²) >= 11 is 0. The number of carbonyl (C=O) groups is 2. The van der Waals surface area contributed by atoms with E-state index in [1.54, 1.807) is 26.0 Å². The van der Waals surface area contributed by atoms with Crippen molar-refractivity contribution >= 4 is 11.9 Å². The first-order valence-electron chi connectivity index (χ1n) is 30.7. The molecule has 0 saturated carbocycles. The quantitative estimate of drug-likeness (QED) is 0.0587. The fourth-order valence-corrected chi connectivity index (χ4v) is 12.7. The summed E-state index contributed by atoms with van der Waals surface area (Å²) in [5, 5.41) is 77.2. The molecule has 5 heterocycles. The van der Waals surface area contributed by atoms with Crippen molar-refractivity contribution in [1.29, 1.82) is 0 Å². The Bertz CT molecular complexity index is 2190. The first kappa shape index (κ1) is 70.5. The molecule has 83 heavy (non-hydrogen) atoms. The molecule has 0 aromatic carbocycles. The Balaban J connectivity index is 1.40. The number of cyclic esters (lactones) is 2. The lowest BCUT2D eigenvalue weighted by atomic mass is 9.80. The maximum absolute atomic E-state index is 14.0. The second-order valence-corrected chi connectivity index (χ2v) is 23.9. The molecule has 4 saturated heterocycles. The van der Waals surface area contributed by atoms with Crippen molar-refractivity contribution in [2.24, 2.45) is 35.5 Å². The van der Waals surface area contributed by atoms with Crippen LogP contribution in [0.3, 0.4) is 0 Å². The lowest BCUT2D eigenvalue weighted by Gasteiger charge is -2.49. The van der Waals surface area contributed by atoms with Crippen molar-refractivity contribution in [2.45, 2.75) is 269 Å². The van der Waals surface area contributed by atoms with Gasteiger partial charge in [-0.3, -0.25) is 0 Å². The third-order valence-electron chi connectivity index (χ3n) is 18.4. The molecule has 0 aromatic heterocycles. The number of carbonyl (C=O) groups excluding carboxylic acids is 2. The van der Waals surface area contributed by atoms with Crippen LogP contribution >= 0.6 is 0 Å². The zero-order valence-corrected chi connectivity index (χ0v) is 51.9. The van der Waals surface area contributed by atoms with Gasteiger partial charge in [0.15, 0.2) is 24.2 Å². The molecule has 7 N–H and O–H groups in total. The van der Waals surface area contributed by atoms with Crippen LogP contribution in [0.15, 0.2) is 71.9 Å². The van der Waals surface area contributed by atoms with Crippen molar-refractivity contribution in [3.63, 3.8) is 0 Å². The molecule has 19 heteroatoms. The Hall–Kier alpha value is -3.22. The van der Waals surface area contributed by atoms with E-state index in [0.717, 1.165) is 17.6 Å². The lowest BCUT2D eigenvalue weighted by Crippen LogP contribution is -2.60. The fraction of sp³-hybridized carbons (Fsp3) is 0.781. The monoisotopic (exact) mass is 1180 g/mol. The van der Waals surface area contributed by atoms with Gasteiger partial charge in [-0.1, -0.05) is 104 Å². The molecule has 25 unspecified atom stereocenters. The highest BCUT2D eigenvalue weighted by molar-refractivity contribution is 5.83. The third-order valence-corrected chi connectivity index (χ3v) is 18.4. The van der Waals surface area contributed by atoms with Crippen molar-refractivity contribution in [2.75, 3.05) is 14.2 Å². The van der Waals surface area contributed by atoms with E-state index in [4.69, 9.17) is 47.4 Å². The number of hydrogen-bond donors (Lipinski definition) is 7. The summed E-state index contributed by atoms with van der Waals surface area (Å²) in [5.41, 5.74) is 1.60. The van der Waals surface area contributed by atoms with Crippen LogP contribution in [-0.2, 0) is 57.0 Å². The van der Waals surface area contributed by atoms with Gasteiger partial charge in [-0.2, -0.15) is 0 Å². The zero-order valence-electron chi connectivity index (χ0n) is 51.9. The number of esters is 2. The van der Waals surface area contributed by atoms with Gasteiger partial charge in [0, 0.05) is 94.0 Å². The first-order valence-corrected chi connectivity index (χ1v) is 30.7. The second kappa shape index (κ2) is 32.7. The van der Waals surface area contributed by atoms with E-state index in [-0.39, 0.29) is 56.0 Å². The maximum atomic E-state index is 14.0. The molecule has 5 rings (SSSR count). The molecule has 4 fully saturated rings. The average Bonchev–Trinajstić information content (AvgIpc) is 3.48. The minimum absolute atomic E-state index is 0.0196. The summed E-state index contributed by atoms with van der Waals surface area (Å²) in [5.74, 6) is -6.17. The molecule has 0 aromatic rings. The van der Waals surface area contributed by atoms with E-state index in [1.807, 2.05) is 106 Å². The number of aliphatic hydroxyl groups is 7. The number of rotatable bonds is 20. The molecule has 5 aliphatic heterocycles. The molecule has 19 nitrogen and oxygen atoms in total. The largest absolute Gasteiger partial charge is 0.458 e. The highest BCUT2D eigenvalue weighted by Gasteiger charge is 2.53. The normalized spacial score (nSPS) is 40.6. The third kappa shape index (κ3) is 18.4. The van der Waals surface area contributed by atoms with Gasteiger partial charge in [0.2, 0.25) is 0 Å². The smallest absolute Gasteiger partial charge is 0.331 e. The first-order chi connectivity index (χ1) is 39.4. The zero-order chi connectivity index (χ0) is 61.5.